The summed E-state index contributed by atoms with van der Waals surface area (Å²) in [6.07, 6.45) is 3.14. The van der Waals surface area contributed by atoms with Crippen molar-refractivity contribution in [3.63, 3.8) is 0 Å². The van der Waals surface area contributed by atoms with Gasteiger partial charge in [0.1, 0.15) is 0 Å². The highest BCUT2D eigenvalue weighted by molar-refractivity contribution is 5.73. The predicted octanol–water partition coefficient (Wildman–Crippen LogP) is -1.05. The number of primary amides is 2. The van der Waals surface area contributed by atoms with Gasteiger partial charge in [-0.1, -0.05) is 0 Å². The molecule has 0 fully saturated rings. The van der Waals surface area contributed by atoms with Crippen molar-refractivity contribution < 1.29 is 9.59 Å². The minimum absolute atomic E-state index is 0.314. The lowest BCUT2D eigenvalue weighted by molar-refractivity contribution is -0.118. The largest absolute Gasteiger partial charge is 0.370 e. The molecular formula is C10H22N4O2. The van der Waals surface area contributed by atoms with Crippen LogP contribution in [0.15, 0.2) is 0 Å². The average Bonchev–Trinajstić information content (AvgIpc) is 2.16. The standard InChI is InChI=1S/C10H22N4O2/c11-7-10(14,5-1-3-8(12)15)6-2-4-9(13)16/h1-7,11,14H2,(H2,12,15)(H2,13,16). The lowest BCUT2D eigenvalue weighted by Crippen LogP contribution is -2.47. The number of hydrogen-bond donors (Lipinski definition) is 4. The quantitative estimate of drug-likeness (QED) is 0.401. The molecule has 0 aliphatic heterocycles. The third-order valence-electron chi connectivity index (χ3n) is 2.60. The second-order valence-corrected chi connectivity index (χ2v) is 4.21. The molecule has 0 atom stereocenters. The molecule has 2 amide bonds. The molecule has 0 heterocycles. The van der Waals surface area contributed by atoms with Crippen molar-refractivity contribution in [3.05, 3.63) is 0 Å². The normalized spacial score (nSPS) is 11.4. The second kappa shape index (κ2) is 7.19. The van der Waals surface area contributed by atoms with Gasteiger partial charge in [-0.25, -0.2) is 0 Å². The molecule has 0 spiro atoms. The molecule has 0 rings (SSSR count). The van der Waals surface area contributed by atoms with Crippen molar-refractivity contribution in [3.8, 4) is 0 Å². The highest BCUT2D eigenvalue weighted by atomic mass is 16.1. The van der Waals surface area contributed by atoms with Crippen LogP contribution in [0.3, 0.4) is 0 Å². The zero-order valence-corrected chi connectivity index (χ0v) is 9.58. The smallest absolute Gasteiger partial charge is 0.217 e. The van der Waals surface area contributed by atoms with Gasteiger partial charge in [-0.05, 0) is 25.7 Å². The van der Waals surface area contributed by atoms with Gasteiger partial charge in [0.15, 0.2) is 0 Å². The van der Waals surface area contributed by atoms with Crippen molar-refractivity contribution >= 4 is 11.8 Å². The van der Waals surface area contributed by atoms with Crippen LogP contribution in [0.2, 0.25) is 0 Å². The zero-order chi connectivity index (χ0) is 12.6. The molecule has 6 heteroatoms. The van der Waals surface area contributed by atoms with Gasteiger partial charge in [0.25, 0.3) is 0 Å². The third-order valence-corrected chi connectivity index (χ3v) is 2.60. The second-order valence-electron chi connectivity index (χ2n) is 4.21. The summed E-state index contributed by atoms with van der Waals surface area (Å²) in [7, 11) is 0. The van der Waals surface area contributed by atoms with E-state index in [1.165, 1.54) is 0 Å². The summed E-state index contributed by atoms with van der Waals surface area (Å²) in [6.45, 7) is 0.324. The minimum Gasteiger partial charge on any atom is -0.370 e. The SMILES string of the molecule is NCC(N)(CCCC(N)=O)CCCC(N)=O. The van der Waals surface area contributed by atoms with Crippen LogP contribution < -0.4 is 22.9 Å². The Balaban J connectivity index is 3.90. The number of carbonyl (C=O) groups is 2. The molecule has 0 aliphatic carbocycles. The Kier molecular flexibility index (Phi) is 6.67. The van der Waals surface area contributed by atoms with Crippen LogP contribution in [0.4, 0.5) is 0 Å². The number of carbonyl (C=O) groups excluding carboxylic acids is 2. The zero-order valence-electron chi connectivity index (χ0n) is 9.58. The van der Waals surface area contributed by atoms with Crippen LogP contribution in [0.25, 0.3) is 0 Å². The Morgan fingerprint density at radius 1 is 0.938 bits per heavy atom. The lowest BCUT2D eigenvalue weighted by Gasteiger charge is -2.27. The third kappa shape index (κ3) is 7.19. The van der Waals surface area contributed by atoms with Crippen molar-refractivity contribution in [2.24, 2.45) is 22.9 Å². The van der Waals surface area contributed by atoms with E-state index in [2.05, 4.69) is 0 Å². The van der Waals surface area contributed by atoms with Gasteiger partial charge in [-0.3, -0.25) is 9.59 Å². The molecule has 6 nitrogen and oxygen atoms in total. The highest BCUT2D eigenvalue weighted by Gasteiger charge is 2.22. The summed E-state index contributed by atoms with van der Waals surface area (Å²) in [5, 5.41) is 0. The molecule has 8 N–H and O–H groups in total. The first-order valence-electron chi connectivity index (χ1n) is 5.45. The molecule has 0 aromatic carbocycles. The maximum atomic E-state index is 10.6. The Morgan fingerprint density at radius 3 is 1.56 bits per heavy atom. The van der Waals surface area contributed by atoms with E-state index in [0.29, 0.717) is 45.1 Å². The maximum absolute atomic E-state index is 10.6. The summed E-state index contributed by atoms with van der Waals surface area (Å²) >= 11 is 0. The monoisotopic (exact) mass is 230 g/mol. The van der Waals surface area contributed by atoms with Crippen molar-refractivity contribution in [1.29, 1.82) is 0 Å². The molecule has 0 aliphatic rings. The molecule has 94 valence electrons. The molecule has 0 unspecified atom stereocenters. The topological polar surface area (TPSA) is 138 Å². The molecule has 0 saturated carbocycles. The van der Waals surface area contributed by atoms with Crippen LogP contribution in [0.5, 0.6) is 0 Å². The molecule has 0 aromatic heterocycles. The summed E-state index contributed by atoms with van der Waals surface area (Å²) in [6, 6.07) is 0. The summed E-state index contributed by atoms with van der Waals surface area (Å²) in [4.78, 5) is 21.1. The number of rotatable bonds is 9. The fourth-order valence-corrected chi connectivity index (χ4v) is 1.56. The highest BCUT2D eigenvalue weighted by Crippen LogP contribution is 2.17. The summed E-state index contributed by atoms with van der Waals surface area (Å²) < 4.78 is 0. The van der Waals surface area contributed by atoms with Gasteiger partial charge in [0, 0.05) is 24.9 Å². The van der Waals surface area contributed by atoms with Crippen LogP contribution in [-0.4, -0.2) is 23.9 Å². The molecule has 0 radical (unpaired) electrons. The van der Waals surface area contributed by atoms with E-state index in [9.17, 15) is 9.59 Å². The fraction of sp³-hybridized carbons (Fsp3) is 0.800. The number of hydrogen-bond acceptors (Lipinski definition) is 4. The van der Waals surface area contributed by atoms with Crippen LogP contribution in [-0.2, 0) is 9.59 Å². The first-order chi connectivity index (χ1) is 7.39. The predicted molar refractivity (Wildman–Crippen MR) is 62.1 cm³/mol. The van der Waals surface area contributed by atoms with Crippen molar-refractivity contribution in [1.82, 2.24) is 0 Å². The fourth-order valence-electron chi connectivity index (χ4n) is 1.56. The van der Waals surface area contributed by atoms with Gasteiger partial charge in [-0.15, -0.1) is 0 Å². The summed E-state index contributed by atoms with van der Waals surface area (Å²) in [5.41, 5.74) is 21.2. The average molecular weight is 230 g/mol. The molecule has 16 heavy (non-hydrogen) atoms. The Labute approximate surface area is 95.7 Å². The number of nitrogens with two attached hydrogens (primary N) is 4. The molecule has 0 saturated heterocycles. The maximum Gasteiger partial charge on any atom is 0.217 e. The van der Waals surface area contributed by atoms with E-state index in [1.807, 2.05) is 0 Å². The van der Waals surface area contributed by atoms with Crippen molar-refractivity contribution in [2.45, 2.75) is 44.1 Å². The Bertz CT molecular complexity index is 223. The van der Waals surface area contributed by atoms with Crippen molar-refractivity contribution in [2.75, 3.05) is 6.54 Å². The van der Waals surface area contributed by atoms with E-state index in [4.69, 9.17) is 22.9 Å². The van der Waals surface area contributed by atoms with E-state index >= 15 is 0 Å². The first kappa shape index (κ1) is 14.9. The van der Waals surface area contributed by atoms with Gasteiger partial charge in [0.05, 0.1) is 0 Å². The first-order valence-corrected chi connectivity index (χ1v) is 5.45. The Morgan fingerprint density at radius 2 is 1.31 bits per heavy atom. The van der Waals surface area contributed by atoms with Gasteiger partial charge >= 0.3 is 0 Å². The van der Waals surface area contributed by atoms with E-state index < -0.39 is 5.54 Å². The van der Waals surface area contributed by atoms with Gasteiger partial charge in [-0.2, -0.15) is 0 Å². The molecular weight excluding hydrogens is 208 g/mol. The van der Waals surface area contributed by atoms with Crippen LogP contribution in [0.1, 0.15) is 38.5 Å². The molecule has 0 aromatic rings. The van der Waals surface area contributed by atoms with Crippen LogP contribution in [0, 0.1) is 0 Å². The van der Waals surface area contributed by atoms with E-state index in [-0.39, 0.29) is 11.8 Å². The van der Waals surface area contributed by atoms with E-state index in [0.717, 1.165) is 0 Å². The van der Waals surface area contributed by atoms with Crippen LogP contribution >= 0.6 is 0 Å². The summed E-state index contributed by atoms with van der Waals surface area (Å²) in [5.74, 6) is -0.673. The lowest BCUT2D eigenvalue weighted by atomic mass is 9.88. The Hall–Kier alpha value is -1.14. The van der Waals surface area contributed by atoms with E-state index in [1.54, 1.807) is 0 Å². The molecule has 0 bridgehead atoms. The minimum atomic E-state index is -0.523. The van der Waals surface area contributed by atoms with Gasteiger partial charge < -0.3 is 22.9 Å². The van der Waals surface area contributed by atoms with Gasteiger partial charge in [0.2, 0.25) is 11.8 Å². The number of amides is 2.